The molecule has 1 aromatic carbocycles. The first-order chi connectivity index (χ1) is 8.72. The van der Waals surface area contributed by atoms with Gasteiger partial charge in [-0.15, -0.1) is 24.8 Å². The molecule has 0 aromatic heterocycles. The highest BCUT2D eigenvalue weighted by Crippen LogP contribution is 2.33. The van der Waals surface area contributed by atoms with E-state index in [4.69, 9.17) is 5.26 Å². The second kappa shape index (κ2) is 8.88. The molecule has 1 atom stereocenters. The number of nitrogens with one attached hydrogen (secondary N) is 1. The van der Waals surface area contributed by atoms with Crippen molar-refractivity contribution < 1.29 is 10.2 Å². The molecule has 20 heavy (non-hydrogen) atoms. The maximum absolute atomic E-state index is 9.91. The summed E-state index contributed by atoms with van der Waals surface area (Å²) in [6.45, 7) is 3.49. The maximum Gasteiger partial charge on any atom is 0.124 e. The van der Waals surface area contributed by atoms with Crippen LogP contribution in [0.1, 0.15) is 18.0 Å². The lowest BCUT2D eigenvalue weighted by atomic mass is 10.0. The third kappa shape index (κ3) is 4.43. The molecule has 0 saturated carbocycles. The zero-order chi connectivity index (χ0) is 13.0. The molecule has 0 unspecified atom stereocenters. The molecule has 1 saturated heterocycles. The summed E-state index contributed by atoms with van der Waals surface area (Å²) < 4.78 is 0. The third-order valence-corrected chi connectivity index (χ3v) is 3.25. The van der Waals surface area contributed by atoms with Crippen LogP contribution in [0.4, 0.5) is 0 Å². The summed E-state index contributed by atoms with van der Waals surface area (Å²) in [5.41, 5.74) is 0.705. The van der Waals surface area contributed by atoms with Crippen molar-refractivity contribution in [2.45, 2.75) is 12.5 Å². The Morgan fingerprint density at radius 3 is 2.45 bits per heavy atom. The summed E-state index contributed by atoms with van der Waals surface area (Å²) in [6, 6.07) is 6.61. The first kappa shape index (κ1) is 18.8. The number of piperazine rings is 1. The standard InChI is InChI=1S/C13H17N3O2.2ClH/c14-4-3-12(16-7-5-15-6-8-16)11-2-1-10(17)9-13(11)18;;/h1-2,9,12,15,17-18H,3,5-8H2;2*1H/t12-;;/m1../s1. The van der Waals surface area contributed by atoms with Crippen LogP contribution in [0, 0.1) is 11.3 Å². The molecule has 0 spiro atoms. The summed E-state index contributed by atoms with van der Waals surface area (Å²) in [7, 11) is 0. The number of phenols is 2. The first-order valence-corrected chi connectivity index (χ1v) is 6.06. The molecule has 7 heteroatoms. The Bertz CT molecular complexity index is 459. The minimum atomic E-state index is -0.113. The topological polar surface area (TPSA) is 79.5 Å². The Morgan fingerprint density at radius 1 is 1.25 bits per heavy atom. The van der Waals surface area contributed by atoms with Gasteiger partial charge in [0.05, 0.1) is 18.5 Å². The predicted molar refractivity (Wildman–Crippen MR) is 81.7 cm³/mol. The predicted octanol–water partition coefficient (Wildman–Crippen LogP) is 1.80. The minimum absolute atomic E-state index is 0. The van der Waals surface area contributed by atoms with Crippen LogP contribution in [0.25, 0.3) is 0 Å². The number of nitriles is 1. The highest BCUT2D eigenvalue weighted by molar-refractivity contribution is 5.85. The summed E-state index contributed by atoms with van der Waals surface area (Å²) in [5, 5.41) is 31.4. The lowest BCUT2D eigenvalue weighted by Crippen LogP contribution is -2.45. The number of hydrogen-bond donors (Lipinski definition) is 3. The first-order valence-electron chi connectivity index (χ1n) is 6.06. The van der Waals surface area contributed by atoms with Crippen molar-refractivity contribution in [2.75, 3.05) is 26.2 Å². The average Bonchev–Trinajstić information content (AvgIpc) is 2.38. The highest BCUT2D eigenvalue weighted by Gasteiger charge is 2.24. The normalized spacial score (nSPS) is 16.4. The van der Waals surface area contributed by atoms with E-state index in [9.17, 15) is 10.2 Å². The Balaban J connectivity index is 0.00000180. The largest absolute Gasteiger partial charge is 0.508 e. The van der Waals surface area contributed by atoms with Crippen LogP contribution in [0.15, 0.2) is 18.2 Å². The molecule has 1 heterocycles. The molecule has 5 nitrogen and oxygen atoms in total. The molecule has 0 bridgehead atoms. The van der Waals surface area contributed by atoms with Gasteiger partial charge in [-0.1, -0.05) is 6.07 Å². The number of benzene rings is 1. The Hall–Kier alpha value is -1.19. The van der Waals surface area contributed by atoms with Gasteiger partial charge < -0.3 is 15.5 Å². The molecule has 2 rings (SSSR count). The molecule has 3 N–H and O–H groups in total. The fourth-order valence-corrected chi connectivity index (χ4v) is 2.33. The number of nitrogens with zero attached hydrogens (tertiary/aromatic N) is 2. The molecule has 0 amide bonds. The van der Waals surface area contributed by atoms with Crippen molar-refractivity contribution in [2.24, 2.45) is 0 Å². The smallest absolute Gasteiger partial charge is 0.124 e. The van der Waals surface area contributed by atoms with Crippen LogP contribution in [-0.4, -0.2) is 41.3 Å². The maximum atomic E-state index is 9.91. The van der Waals surface area contributed by atoms with Crippen molar-refractivity contribution in [1.82, 2.24) is 10.2 Å². The van der Waals surface area contributed by atoms with Gasteiger partial charge in [0.15, 0.2) is 0 Å². The van der Waals surface area contributed by atoms with Gasteiger partial charge in [0, 0.05) is 37.8 Å². The Labute approximate surface area is 131 Å². The van der Waals surface area contributed by atoms with E-state index in [2.05, 4.69) is 16.3 Å². The van der Waals surface area contributed by atoms with Crippen LogP contribution in [-0.2, 0) is 0 Å². The summed E-state index contributed by atoms with van der Waals surface area (Å²) in [4.78, 5) is 2.19. The molecule has 1 aliphatic rings. The number of phenolic OH excluding ortho intramolecular Hbond substituents is 2. The van der Waals surface area contributed by atoms with E-state index in [1.807, 2.05) is 0 Å². The van der Waals surface area contributed by atoms with Gasteiger partial charge >= 0.3 is 0 Å². The molecular formula is C13H19Cl2N3O2. The van der Waals surface area contributed by atoms with Gasteiger partial charge in [-0.2, -0.15) is 5.26 Å². The van der Waals surface area contributed by atoms with Gasteiger partial charge in [0.2, 0.25) is 0 Å². The van der Waals surface area contributed by atoms with Gasteiger partial charge in [0.25, 0.3) is 0 Å². The number of rotatable bonds is 3. The van der Waals surface area contributed by atoms with E-state index in [-0.39, 0.29) is 42.4 Å². The van der Waals surface area contributed by atoms with Crippen molar-refractivity contribution in [3.8, 4) is 17.6 Å². The van der Waals surface area contributed by atoms with Gasteiger partial charge in [-0.3, -0.25) is 4.90 Å². The van der Waals surface area contributed by atoms with Crippen LogP contribution < -0.4 is 5.32 Å². The quantitative estimate of drug-likeness (QED) is 0.791. The average molecular weight is 320 g/mol. The van der Waals surface area contributed by atoms with Crippen molar-refractivity contribution in [3.63, 3.8) is 0 Å². The zero-order valence-electron chi connectivity index (χ0n) is 11.0. The fourth-order valence-electron chi connectivity index (χ4n) is 2.33. The number of aromatic hydroxyl groups is 2. The van der Waals surface area contributed by atoms with E-state index in [1.165, 1.54) is 6.07 Å². The lowest BCUT2D eigenvalue weighted by molar-refractivity contribution is 0.173. The second-order valence-corrected chi connectivity index (χ2v) is 4.41. The molecule has 0 radical (unpaired) electrons. The Morgan fingerprint density at radius 2 is 1.90 bits per heavy atom. The SMILES string of the molecule is Cl.Cl.N#CC[C@H](c1ccc(O)cc1O)N1CCNCC1. The molecule has 1 fully saturated rings. The summed E-state index contributed by atoms with van der Waals surface area (Å²) >= 11 is 0. The second-order valence-electron chi connectivity index (χ2n) is 4.41. The Kier molecular flexibility index (Phi) is 8.35. The van der Waals surface area contributed by atoms with Gasteiger partial charge in [0.1, 0.15) is 11.5 Å². The molecule has 112 valence electrons. The van der Waals surface area contributed by atoms with Crippen LogP contribution >= 0.6 is 24.8 Å². The van der Waals surface area contributed by atoms with E-state index >= 15 is 0 Å². The molecule has 0 aliphatic carbocycles. The summed E-state index contributed by atoms with van der Waals surface area (Å²) in [5.74, 6) is 0.0843. The van der Waals surface area contributed by atoms with Gasteiger partial charge in [-0.25, -0.2) is 0 Å². The monoisotopic (exact) mass is 319 g/mol. The fraction of sp³-hybridized carbons (Fsp3) is 0.462. The van der Waals surface area contributed by atoms with Crippen LogP contribution in [0.5, 0.6) is 11.5 Å². The molecule has 1 aromatic rings. The van der Waals surface area contributed by atoms with E-state index in [0.29, 0.717) is 12.0 Å². The van der Waals surface area contributed by atoms with Crippen molar-refractivity contribution in [1.29, 1.82) is 5.26 Å². The number of halogens is 2. The van der Waals surface area contributed by atoms with Gasteiger partial charge in [-0.05, 0) is 6.07 Å². The highest BCUT2D eigenvalue weighted by atomic mass is 35.5. The zero-order valence-corrected chi connectivity index (χ0v) is 12.6. The van der Waals surface area contributed by atoms with E-state index < -0.39 is 0 Å². The minimum Gasteiger partial charge on any atom is -0.508 e. The van der Waals surface area contributed by atoms with E-state index in [0.717, 1.165) is 26.2 Å². The van der Waals surface area contributed by atoms with Crippen LogP contribution in [0.2, 0.25) is 0 Å². The number of hydrogen-bond acceptors (Lipinski definition) is 5. The summed E-state index contributed by atoms with van der Waals surface area (Å²) in [6.07, 6.45) is 0.332. The molecule has 1 aliphatic heterocycles. The third-order valence-electron chi connectivity index (χ3n) is 3.25. The van der Waals surface area contributed by atoms with E-state index in [1.54, 1.807) is 12.1 Å². The van der Waals surface area contributed by atoms with Crippen molar-refractivity contribution in [3.05, 3.63) is 23.8 Å². The lowest BCUT2D eigenvalue weighted by Gasteiger charge is -2.34. The molecular weight excluding hydrogens is 301 g/mol. The van der Waals surface area contributed by atoms with Crippen LogP contribution in [0.3, 0.4) is 0 Å². The van der Waals surface area contributed by atoms with Crippen molar-refractivity contribution >= 4 is 24.8 Å².